The summed E-state index contributed by atoms with van der Waals surface area (Å²) in [6.07, 6.45) is 3.59. The van der Waals surface area contributed by atoms with Crippen molar-refractivity contribution in [2.24, 2.45) is 0 Å². The highest BCUT2D eigenvalue weighted by Gasteiger charge is 2.36. The molecule has 0 saturated carbocycles. The molecule has 2 aromatic heterocycles. The maximum absolute atomic E-state index is 4.83. The van der Waals surface area contributed by atoms with Crippen LogP contribution in [0.15, 0.2) is 182 Å². The van der Waals surface area contributed by atoms with Crippen molar-refractivity contribution >= 4 is 64.1 Å². The Morgan fingerprint density at radius 1 is 0.362 bits per heavy atom. The summed E-state index contributed by atoms with van der Waals surface area (Å²) < 4.78 is 2.69. The Hall–Kier alpha value is -6.94. The largest absolute Gasteiger partial charge is 0.252 e. The van der Waals surface area contributed by atoms with E-state index in [9.17, 15) is 0 Å². The van der Waals surface area contributed by atoms with Crippen molar-refractivity contribution in [3.63, 3.8) is 0 Å². The third-order valence-electron chi connectivity index (χ3n) is 12.6. The monoisotopic (exact) mass is 756 g/mol. The Balaban J connectivity index is 0.872. The predicted octanol–water partition coefficient (Wildman–Crippen LogP) is 15.3. The summed E-state index contributed by atoms with van der Waals surface area (Å²) in [6, 6.07) is 62.9. The normalized spacial score (nSPS) is 13.1. The van der Waals surface area contributed by atoms with E-state index < -0.39 is 0 Å². The van der Waals surface area contributed by atoms with E-state index in [4.69, 9.17) is 9.97 Å². The zero-order chi connectivity index (χ0) is 38.5. The van der Waals surface area contributed by atoms with E-state index in [-0.39, 0.29) is 5.41 Å². The Bertz CT molecular complexity index is 3450. The van der Waals surface area contributed by atoms with Gasteiger partial charge in [0.25, 0.3) is 0 Å². The summed E-state index contributed by atoms with van der Waals surface area (Å²) in [5.41, 5.74) is 17.0. The molecule has 0 aliphatic heterocycles. The molecule has 0 saturated heterocycles. The Morgan fingerprint density at radius 2 is 0.879 bits per heavy atom. The van der Waals surface area contributed by atoms with Gasteiger partial charge in [-0.2, -0.15) is 0 Å². The van der Waals surface area contributed by atoms with Gasteiger partial charge in [-0.3, -0.25) is 9.97 Å². The Kier molecular flexibility index (Phi) is 7.18. The first-order chi connectivity index (χ1) is 28.5. The summed E-state index contributed by atoms with van der Waals surface area (Å²) >= 11 is 1.88. The third-order valence-corrected chi connectivity index (χ3v) is 13.8. The standard InChI is InChI=1S/C55H36N2S/c1-55(2)49-31-38(36-10-7-9-35(29-36)33-17-19-34(20-18-33)40-14-8-15-47-45-12-5-6-16-51(45)58-54(40)47)22-25-43(49)44-26-23-39(32-50(44)55)37-21-24-42-41-11-3-4-13-46(41)52-53(48(42)30-37)57-28-27-56-52/h3-32H,1-2H3. The Labute approximate surface area is 340 Å². The fourth-order valence-electron chi connectivity index (χ4n) is 9.60. The summed E-state index contributed by atoms with van der Waals surface area (Å²) in [5.74, 6) is 0. The number of hydrogen-bond donors (Lipinski definition) is 0. The van der Waals surface area contributed by atoms with Crippen LogP contribution < -0.4 is 0 Å². The number of nitrogens with zero attached hydrogens (tertiary/aromatic N) is 2. The number of benzene rings is 9. The maximum Gasteiger partial charge on any atom is 0.0971 e. The molecule has 0 bridgehead atoms. The first-order valence-electron chi connectivity index (χ1n) is 20.0. The molecule has 11 aromatic rings. The van der Waals surface area contributed by atoms with Crippen LogP contribution in [0.3, 0.4) is 0 Å². The van der Waals surface area contributed by atoms with E-state index in [0.29, 0.717) is 0 Å². The van der Waals surface area contributed by atoms with Crippen molar-refractivity contribution in [2.45, 2.75) is 19.3 Å². The molecule has 12 rings (SSSR count). The summed E-state index contributed by atoms with van der Waals surface area (Å²) in [5, 5.41) is 7.35. The number of hydrogen-bond acceptors (Lipinski definition) is 3. The molecule has 0 radical (unpaired) electrons. The minimum atomic E-state index is -0.160. The van der Waals surface area contributed by atoms with Crippen LogP contribution in [0.4, 0.5) is 0 Å². The number of rotatable bonds is 4. The van der Waals surface area contributed by atoms with Crippen LogP contribution in [0.5, 0.6) is 0 Å². The zero-order valence-corrected chi connectivity index (χ0v) is 32.9. The SMILES string of the molecule is CC1(C)c2cc(-c3cccc(-c4ccc(-c5cccc6c5sc5ccccc56)cc4)c3)ccc2-c2ccc(-c3ccc4c5ccccc5c5nccnc5c4c3)cc21. The highest BCUT2D eigenvalue weighted by Crippen LogP contribution is 2.51. The van der Waals surface area contributed by atoms with Gasteiger partial charge in [0.1, 0.15) is 0 Å². The smallest absolute Gasteiger partial charge is 0.0971 e. The number of thiophene rings is 1. The van der Waals surface area contributed by atoms with Crippen LogP contribution in [-0.4, -0.2) is 9.97 Å². The number of fused-ring (bicyclic) bond motifs is 12. The van der Waals surface area contributed by atoms with Crippen molar-refractivity contribution in [3.05, 3.63) is 193 Å². The molecular formula is C55H36N2S. The van der Waals surface area contributed by atoms with Crippen LogP contribution in [0, 0.1) is 0 Å². The quantitative estimate of drug-likeness (QED) is 0.167. The first-order valence-corrected chi connectivity index (χ1v) is 20.8. The van der Waals surface area contributed by atoms with Gasteiger partial charge in [-0.25, -0.2) is 0 Å². The summed E-state index contributed by atoms with van der Waals surface area (Å²) in [6.45, 7) is 4.75. The van der Waals surface area contributed by atoms with Crippen LogP contribution in [0.2, 0.25) is 0 Å². The lowest BCUT2D eigenvalue weighted by atomic mass is 9.80. The molecule has 0 N–H and O–H groups in total. The van der Waals surface area contributed by atoms with Gasteiger partial charge in [-0.05, 0) is 108 Å². The van der Waals surface area contributed by atoms with Gasteiger partial charge < -0.3 is 0 Å². The van der Waals surface area contributed by atoms with Crippen LogP contribution in [0.25, 0.3) is 108 Å². The highest BCUT2D eigenvalue weighted by molar-refractivity contribution is 7.26. The van der Waals surface area contributed by atoms with Gasteiger partial charge in [0.15, 0.2) is 0 Å². The fourth-order valence-corrected chi connectivity index (χ4v) is 10.8. The topological polar surface area (TPSA) is 25.8 Å². The summed E-state index contributed by atoms with van der Waals surface area (Å²) in [4.78, 5) is 9.59. The van der Waals surface area contributed by atoms with E-state index in [1.54, 1.807) is 12.4 Å². The van der Waals surface area contributed by atoms with E-state index in [0.717, 1.165) is 21.8 Å². The average Bonchev–Trinajstić information content (AvgIpc) is 3.78. The molecule has 0 atom stereocenters. The van der Waals surface area contributed by atoms with Crippen molar-refractivity contribution in [3.8, 4) is 55.6 Å². The molecule has 2 heterocycles. The second-order valence-electron chi connectivity index (χ2n) is 16.1. The third kappa shape index (κ3) is 4.97. The van der Waals surface area contributed by atoms with E-state index >= 15 is 0 Å². The van der Waals surface area contributed by atoms with Crippen molar-refractivity contribution in [2.75, 3.05) is 0 Å². The molecule has 0 unspecified atom stereocenters. The lowest BCUT2D eigenvalue weighted by molar-refractivity contribution is 0.661. The van der Waals surface area contributed by atoms with Gasteiger partial charge >= 0.3 is 0 Å². The molecule has 1 aliphatic rings. The van der Waals surface area contributed by atoms with E-state index in [2.05, 4.69) is 184 Å². The van der Waals surface area contributed by atoms with Gasteiger partial charge in [0.05, 0.1) is 11.0 Å². The average molecular weight is 757 g/mol. The van der Waals surface area contributed by atoms with Gasteiger partial charge in [0, 0.05) is 48.8 Å². The minimum absolute atomic E-state index is 0.160. The van der Waals surface area contributed by atoms with Gasteiger partial charge in [-0.15, -0.1) is 11.3 Å². The minimum Gasteiger partial charge on any atom is -0.252 e. The van der Waals surface area contributed by atoms with Crippen molar-refractivity contribution in [1.29, 1.82) is 0 Å². The molecule has 3 heteroatoms. The molecule has 0 amide bonds. The van der Waals surface area contributed by atoms with Gasteiger partial charge in [0.2, 0.25) is 0 Å². The molecule has 0 spiro atoms. The molecule has 0 fully saturated rings. The zero-order valence-electron chi connectivity index (χ0n) is 32.1. The van der Waals surface area contributed by atoms with Gasteiger partial charge in [-0.1, -0.05) is 153 Å². The van der Waals surface area contributed by atoms with Crippen LogP contribution in [-0.2, 0) is 5.41 Å². The first kappa shape index (κ1) is 33.2. The second kappa shape index (κ2) is 12.5. The lowest BCUT2D eigenvalue weighted by Gasteiger charge is -2.23. The molecule has 9 aromatic carbocycles. The molecule has 2 nitrogen and oxygen atoms in total. The number of aromatic nitrogens is 2. The molecule has 1 aliphatic carbocycles. The fraction of sp³-hybridized carbons (Fsp3) is 0.0545. The van der Waals surface area contributed by atoms with Crippen molar-refractivity contribution < 1.29 is 0 Å². The van der Waals surface area contributed by atoms with Crippen molar-refractivity contribution in [1.82, 2.24) is 9.97 Å². The molecule has 58 heavy (non-hydrogen) atoms. The highest BCUT2D eigenvalue weighted by atomic mass is 32.1. The maximum atomic E-state index is 4.83. The van der Waals surface area contributed by atoms with E-state index in [1.165, 1.54) is 97.7 Å². The Morgan fingerprint density at radius 3 is 1.62 bits per heavy atom. The lowest BCUT2D eigenvalue weighted by Crippen LogP contribution is -2.15. The predicted molar refractivity (Wildman–Crippen MR) is 247 cm³/mol. The molecule has 272 valence electrons. The van der Waals surface area contributed by atoms with E-state index in [1.807, 2.05) is 11.3 Å². The second-order valence-corrected chi connectivity index (χ2v) is 17.2. The summed E-state index contributed by atoms with van der Waals surface area (Å²) in [7, 11) is 0. The van der Waals surface area contributed by atoms with Crippen LogP contribution >= 0.6 is 11.3 Å². The molecular weight excluding hydrogens is 721 g/mol. The van der Waals surface area contributed by atoms with Crippen LogP contribution in [0.1, 0.15) is 25.0 Å².